The van der Waals surface area contributed by atoms with Crippen molar-refractivity contribution in [3.63, 3.8) is 0 Å². The number of nitrogens with zero attached hydrogens (tertiary/aromatic N) is 3. The van der Waals surface area contributed by atoms with Crippen molar-refractivity contribution in [3.8, 4) is 0 Å². The molecule has 1 aromatic heterocycles. The maximum Gasteiger partial charge on any atom is 0.229 e. The molecule has 0 amide bonds. The average molecular weight is 556 g/mol. The number of piperazine rings is 1. The highest BCUT2D eigenvalue weighted by Crippen LogP contribution is 2.47. The molecular weight excluding hydrogens is 519 g/mol. The molecule has 206 valence electrons. The van der Waals surface area contributed by atoms with Crippen LogP contribution in [-0.2, 0) is 0 Å². The summed E-state index contributed by atoms with van der Waals surface area (Å²) in [6.07, 6.45) is 1.55. The lowest BCUT2D eigenvalue weighted by Crippen LogP contribution is -2.43. The normalized spacial score (nSPS) is 13.7. The molecule has 40 heavy (non-hydrogen) atoms. The smallest absolute Gasteiger partial charge is 0.229 e. The molecule has 9 nitrogen and oxygen atoms in total. The van der Waals surface area contributed by atoms with Crippen LogP contribution in [0.4, 0.5) is 34.5 Å². The third-order valence-corrected chi connectivity index (χ3v) is 8.53. The van der Waals surface area contributed by atoms with E-state index in [1.165, 1.54) is 5.69 Å². The maximum absolute atomic E-state index is 10.7. The van der Waals surface area contributed by atoms with Crippen molar-refractivity contribution in [3.05, 3.63) is 89.6 Å². The predicted octanol–water partition coefficient (Wildman–Crippen LogP) is 4.49. The van der Waals surface area contributed by atoms with Crippen LogP contribution in [0.1, 0.15) is 16.7 Å². The van der Waals surface area contributed by atoms with Crippen molar-refractivity contribution in [1.82, 2.24) is 15.3 Å². The van der Waals surface area contributed by atoms with Crippen molar-refractivity contribution in [2.24, 2.45) is 0 Å². The Hall–Kier alpha value is -4.04. The molecule has 0 saturated carbocycles. The van der Waals surface area contributed by atoms with Gasteiger partial charge >= 0.3 is 0 Å². The Labute approximate surface area is 235 Å². The van der Waals surface area contributed by atoms with Crippen molar-refractivity contribution in [2.75, 3.05) is 60.8 Å². The zero-order valence-electron chi connectivity index (χ0n) is 23.1. The van der Waals surface area contributed by atoms with Crippen LogP contribution in [0.2, 0.25) is 0 Å². The van der Waals surface area contributed by atoms with Crippen LogP contribution in [-0.4, -0.2) is 60.1 Å². The second kappa shape index (κ2) is 11.6. The summed E-state index contributed by atoms with van der Waals surface area (Å²) in [7, 11) is -2.27. The largest absolute Gasteiger partial charge is 0.394 e. The van der Waals surface area contributed by atoms with Crippen molar-refractivity contribution < 1.29 is 4.89 Å². The second-order valence-corrected chi connectivity index (χ2v) is 13.6. The van der Waals surface area contributed by atoms with Crippen LogP contribution in [0, 0.1) is 12.3 Å². The van der Waals surface area contributed by atoms with E-state index in [1.807, 2.05) is 74.9 Å². The quantitative estimate of drug-likeness (QED) is 0.138. The molecule has 0 radical (unpaired) electrons. The Morgan fingerprint density at radius 2 is 1.75 bits per heavy atom. The number of nitrogen functional groups attached to an aromatic ring is 1. The summed E-state index contributed by atoms with van der Waals surface area (Å²) < 4.78 is 0. The fourth-order valence-electron chi connectivity index (χ4n) is 4.75. The molecule has 5 rings (SSSR count). The second-order valence-electron chi connectivity index (χ2n) is 10.3. The topological polar surface area (TPSA) is 135 Å². The van der Waals surface area contributed by atoms with Gasteiger partial charge in [0.15, 0.2) is 13.3 Å². The Balaban J connectivity index is 1.35. The molecule has 0 unspecified atom stereocenters. The average Bonchev–Trinajstić information content (AvgIpc) is 2.96. The summed E-state index contributed by atoms with van der Waals surface area (Å²) in [6, 6.07) is 21.7. The van der Waals surface area contributed by atoms with Gasteiger partial charge in [-0.1, -0.05) is 30.3 Å². The van der Waals surface area contributed by atoms with Crippen LogP contribution in [0.15, 0.2) is 72.9 Å². The summed E-state index contributed by atoms with van der Waals surface area (Å²) in [5, 5.41) is 19.7. The number of anilines is 6. The highest BCUT2D eigenvalue weighted by atomic mass is 31.2. The fraction of sp³-hybridized carbons (Fsp3) is 0.233. The fourth-order valence-corrected chi connectivity index (χ4v) is 5.92. The number of para-hydroxylation sites is 1. The van der Waals surface area contributed by atoms with Gasteiger partial charge in [-0.3, -0.25) is 5.41 Å². The summed E-state index contributed by atoms with van der Waals surface area (Å²) in [5.74, 6) is 0.817. The van der Waals surface area contributed by atoms with Gasteiger partial charge in [-0.05, 0) is 48.9 Å². The molecular formula is C30H36N8OP+. The lowest BCUT2D eigenvalue weighted by atomic mass is 9.97. The van der Waals surface area contributed by atoms with E-state index in [4.69, 9.17) is 11.1 Å². The van der Waals surface area contributed by atoms with E-state index >= 15 is 0 Å². The molecule has 3 aromatic carbocycles. The molecule has 2 heterocycles. The van der Waals surface area contributed by atoms with E-state index in [9.17, 15) is 4.89 Å². The standard InChI is InChI=1S/C30H36N8OP/c1-20-8-11-22(18-24(20)28(32)21-9-12-23(13-10-21)38-16-14-33-15-17-38)35-30-34-19-25(31)29(37-30)36-26-6-4-5-7-27(26)40(2,3)39/h4-13,18-19,32-33,39H,14-17,31H2,1-3H3,(H2,34,35,36,37)/q+1. The Morgan fingerprint density at radius 3 is 2.48 bits per heavy atom. The first-order valence-electron chi connectivity index (χ1n) is 13.3. The third-order valence-electron chi connectivity index (χ3n) is 6.96. The molecule has 1 aliphatic heterocycles. The number of rotatable bonds is 8. The zero-order valence-corrected chi connectivity index (χ0v) is 24.0. The number of nitrogens with two attached hydrogens (primary N) is 1. The molecule has 0 spiro atoms. The first-order chi connectivity index (χ1) is 19.2. The monoisotopic (exact) mass is 555 g/mol. The van der Waals surface area contributed by atoms with Gasteiger partial charge in [-0.2, -0.15) is 4.98 Å². The van der Waals surface area contributed by atoms with E-state index in [1.54, 1.807) is 6.20 Å². The van der Waals surface area contributed by atoms with Gasteiger partial charge in [0.2, 0.25) is 5.95 Å². The lowest BCUT2D eigenvalue weighted by Gasteiger charge is -2.29. The van der Waals surface area contributed by atoms with E-state index in [0.717, 1.165) is 59.5 Å². The minimum Gasteiger partial charge on any atom is -0.394 e. The van der Waals surface area contributed by atoms with Gasteiger partial charge in [-0.15, -0.1) is 0 Å². The van der Waals surface area contributed by atoms with Crippen molar-refractivity contribution in [2.45, 2.75) is 6.92 Å². The van der Waals surface area contributed by atoms with Crippen LogP contribution < -0.4 is 31.9 Å². The summed E-state index contributed by atoms with van der Waals surface area (Å²) >= 11 is 0. The van der Waals surface area contributed by atoms with E-state index in [0.29, 0.717) is 23.2 Å². The number of hydrogen-bond donors (Lipinski definition) is 6. The minimum atomic E-state index is -2.27. The molecule has 7 N–H and O–H groups in total. The van der Waals surface area contributed by atoms with Crippen LogP contribution >= 0.6 is 7.49 Å². The van der Waals surface area contributed by atoms with E-state index in [2.05, 4.69) is 43.0 Å². The first-order valence-corrected chi connectivity index (χ1v) is 15.9. The molecule has 4 aromatic rings. The van der Waals surface area contributed by atoms with E-state index in [-0.39, 0.29) is 0 Å². The van der Waals surface area contributed by atoms with Gasteiger partial charge in [0.25, 0.3) is 0 Å². The Kier molecular flexibility index (Phi) is 7.98. The van der Waals surface area contributed by atoms with Crippen molar-refractivity contribution in [1.29, 1.82) is 5.41 Å². The highest BCUT2D eigenvalue weighted by molar-refractivity contribution is 7.76. The maximum atomic E-state index is 10.7. The summed E-state index contributed by atoms with van der Waals surface area (Å²) in [6.45, 7) is 9.65. The van der Waals surface area contributed by atoms with Crippen LogP contribution in [0.25, 0.3) is 0 Å². The zero-order chi connectivity index (χ0) is 28.3. The number of aromatic nitrogens is 2. The lowest BCUT2D eigenvalue weighted by molar-refractivity contribution is 0.589. The van der Waals surface area contributed by atoms with Gasteiger partial charge in [0, 0.05) is 48.7 Å². The minimum absolute atomic E-state index is 0.369. The van der Waals surface area contributed by atoms with Gasteiger partial charge in [0.05, 0.1) is 36.6 Å². The Bertz CT molecular complexity index is 1510. The SMILES string of the molecule is Cc1ccc(Nc2ncc(N)c(Nc3ccccc3[P+](C)(C)O)n2)cc1C(=N)c1ccc(N2CCNCC2)cc1. The molecule has 1 fully saturated rings. The molecule has 0 atom stereocenters. The molecule has 0 aliphatic carbocycles. The number of benzene rings is 3. The van der Waals surface area contributed by atoms with Gasteiger partial charge in [0.1, 0.15) is 5.30 Å². The van der Waals surface area contributed by atoms with Gasteiger partial charge < -0.3 is 26.6 Å². The Morgan fingerprint density at radius 1 is 1.02 bits per heavy atom. The third kappa shape index (κ3) is 6.23. The van der Waals surface area contributed by atoms with Crippen LogP contribution in [0.5, 0.6) is 0 Å². The van der Waals surface area contributed by atoms with Crippen molar-refractivity contribution >= 4 is 53.0 Å². The van der Waals surface area contributed by atoms with Gasteiger partial charge in [-0.25, -0.2) is 9.88 Å². The molecule has 0 bridgehead atoms. The van der Waals surface area contributed by atoms with Crippen LogP contribution in [0.3, 0.4) is 0 Å². The number of aryl methyl sites for hydroxylation is 1. The highest BCUT2D eigenvalue weighted by Gasteiger charge is 2.28. The summed E-state index contributed by atoms with van der Waals surface area (Å²) in [4.78, 5) is 22.0. The molecule has 1 aliphatic rings. The predicted molar refractivity (Wildman–Crippen MR) is 169 cm³/mol. The molecule has 1 saturated heterocycles. The number of nitrogens with one attached hydrogen (secondary N) is 4. The summed E-state index contributed by atoms with van der Waals surface area (Å²) in [5.41, 5.74) is 12.5. The van der Waals surface area contributed by atoms with E-state index < -0.39 is 7.49 Å². The molecule has 10 heteroatoms. The first kappa shape index (κ1) is 27.5. The number of hydrogen-bond acceptors (Lipinski definition) is 9.